The molecule has 2 fully saturated rings. The van der Waals surface area contributed by atoms with Crippen LogP contribution in [0.25, 0.3) is 0 Å². The maximum absolute atomic E-state index is 13.1. The summed E-state index contributed by atoms with van der Waals surface area (Å²) in [5, 5.41) is 0. The number of piperidine rings is 1. The van der Waals surface area contributed by atoms with Gasteiger partial charge in [0.25, 0.3) is 0 Å². The fourth-order valence-electron chi connectivity index (χ4n) is 3.97. The molecule has 3 rings (SSSR count). The number of halogens is 3. The van der Waals surface area contributed by atoms with Crippen LogP contribution in [0.2, 0.25) is 0 Å². The summed E-state index contributed by atoms with van der Waals surface area (Å²) in [6, 6.07) is 5.65. The lowest BCUT2D eigenvalue weighted by Gasteiger charge is -2.35. The Labute approximate surface area is 134 Å². The summed E-state index contributed by atoms with van der Waals surface area (Å²) in [6.45, 7) is 5.71. The normalized spacial score (nSPS) is 31.1. The van der Waals surface area contributed by atoms with Gasteiger partial charge in [0.1, 0.15) is 0 Å². The zero-order valence-electron chi connectivity index (χ0n) is 13.4. The van der Waals surface area contributed by atoms with E-state index in [0.717, 1.165) is 25.6 Å². The Morgan fingerprint density at radius 1 is 1.09 bits per heavy atom. The number of hydrogen-bond donors (Lipinski definition) is 0. The summed E-state index contributed by atoms with van der Waals surface area (Å²) >= 11 is 0. The molecular weight excluding hydrogens is 303 g/mol. The van der Waals surface area contributed by atoms with E-state index < -0.39 is 11.7 Å². The zero-order valence-corrected chi connectivity index (χ0v) is 13.4. The molecule has 1 saturated heterocycles. The minimum Gasteiger partial charge on any atom is -0.342 e. The molecule has 0 spiro atoms. The Balaban J connectivity index is 1.74. The first-order valence-electron chi connectivity index (χ1n) is 8.22. The van der Waals surface area contributed by atoms with Gasteiger partial charge in [-0.15, -0.1) is 0 Å². The van der Waals surface area contributed by atoms with E-state index in [1.165, 1.54) is 12.1 Å². The van der Waals surface area contributed by atoms with Gasteiger partial charge >= 0.3 is 6.18 Å². The van der Waals surface area contributed by atoms with Gasteiger partial charge in [-0.3, -0.25) is 4.79 Å². The van der Waals surface area contributed by atoms with E-state index in [0.29, 0.717) is 18.3 Å². The van der Waals surface area contributed by atoms with Gasteiger partial charge in [0.05, 0.1) is 5.56 Å². The summed E-state index contributed by atoms with van der Waals surface area (Å²) in [7, 11) is 0. The SMILES string of the molecule is CC1CC(C)CN(C(=O)C2CC2c2ccccc2C(F)(F)F)C1. The van der Waals surface area contributed by atoms with Gasteiger partial charge in [-0.05, 0) is 42.2 Å². The van der Waals surface area contributed by atoms with Crippen molar-refractivity contribution in [3.8, 4) is 0 Å². The zero-order chi connectivity index (χ0) is 16.8. The molecule has 23 heavy (non-hydrogen) atoms. The molecule has 2 nitrogen and oxygen atoms in total. The van der Waals surface area contributed by atoms with Crippen molar-refractivity contribution in [3.05, 3.63) is 35.4 Å². The third-order valence-electron chi connectivity index (χ3n) is 4.95. The molecule has 4 atom stereocenters. The molecule has 4 unspecified atom stereocenters. The van der Waals surface area contributed by atoms with Crippen LogP contribution in [0.1, 0.15) is 43.7 Å². The van der Waals surface area contributed by atoms with Crippen LogP contribution in [0, 0.1) is 17.8 Å². The maximum Gasteiger partial charge on any atom is 0.416 e. The molecule has 0 bridgehead atoms. The number of benzene rings is 1. The molecule has 0 radical (unpaired) electrons. The van der Waals surface area contributed by atoms with Crippen molar-refractivity contribution in [2.45, 2.75) is 38.8 Å². The Morgan fingerprint density at radius 2 is 1.70 bits per heavy atom. The molecule has 1 amide bonds. The van der Waals surface area contributed by atoms with Crippen molar-refractivity contribution < 1.29 is 18.0 Å². The van der Waals surface area contributed by atoms with Crippen LogP contribution in [0.3, 0.4) is 0 Å². The van der Waals surface area contributed by atoms with Crippen molar-refractivity contribution in [1.29, 1.82) is 0 Å². The topological polar surface area (TPSA) is 20.3 Å². The molecule has 1 heterocycles. The van der Waals surface area contributed by atoms with Crippen molar-refractivity contribution in [2.24, 2.45) is 17.8 Å². The lowest BCUT2D eigenvalue weighted by atomic mass is 9.91. The van der Waals surface area contributed by atoms with Crippen LogP contribution in [0.15, 0.2) is 24.3 Å². The van der Waals surface area contributed by atoms with Crippen molar-refractivity contribution in [3.63, 3.8) is 0 Å². The highest BCUT2D eigenvalue weighted by Gasteiger charge is 2.49. The molecule has 1 aliphatic carbocycles. The number of carbonyl (C=O) groups is 1. The van der Waals surface area contributed by atoms with E-state index >= 15 is 0 Å². The number of alkyl halides is 3. The van der Waals surface area contributed by atoms with Gasteiger partial charge in [0.2, 0.25) is 5.91 Å². The smallest absolute Gasteiger partial charge is 0.342 e. The van der Waals surface area contributed by atoms with Crippen LogP contribution in [-0.2, 0) is 11.0 Å². The van der Waals surface area contributed by atoms with Crippen LogP contribution in [0.5, 0.6) is 0 Å². The first-order valence-corrected chi connectivity index (χ1v) is 8.22. The van der Waals surface area contributed by atoms with E-state index in [2.05, 4.69) is 13.8 Å². The van der Waals surface area contributed by atoms with E-state index in [9.17, 15) is 18.0 Å². The van der Waals surface area contributed by atoms with E-state index in [4.69, 9.17) is 0 Å². The second kappa shape index (κ2) is 5.84. The molecule has 0 N–H and O–H groups in total. The van der Waals surface area contributed by atoms with Gasteiger partial charge in [0, 0.05) is 19.0 Å². The van der Waals surface area contributed by atoms with E-state index in [-0.39, 0.29) is 23.3 Å². The minimum absolute atomic E-state index is 0.0328. The molecule has 1 aromatic rings. The van der Waals surface area contributed by atoms with E-state index in [1.807, 2.05) is 4.90 Å². The monoisotopic (exact) mass is 325 g/mol. The lowest BCUT2D eigenvalue weighted by molar-refractivity contribution is -0.139. The quantitative estimate of drug-likeness (QED) is 0.793. The number of carbonyl (C=O) groups excluding carboxylic acids is 1. The van der Waals surface area contributed by atoms with E-state index in [1.54, 1.807) is 6.07 Å². The molecule has 5 heteroatoms. The number of hydrogen-bond acceptors (Lipinski definition) is 1. The number of likely N-dealkylation sites (tertiary alicyclic amines) is 1. The molecule has 1 aromatic carbocycles. The van der Waals surface area contributed by atoms with Crippen molar-refractivity contribution in [2.75, 3.05) is 13.1 Å². The van der Waals surface area contributed by atoms with Gasteiger partial charge < -0.3 is 4.90 Å². The summed E-state index contributed by atoms with van der Waals surface area (Å²) in [5.74, 6) is 0.388. The predicted octanol–water partition coefficient (Wildman–Crippen LogP) is 4.31. The first kappa shape index (κ1) is 16.3. The standard InChI is InChI=1S/C18H22F3NO/c1-11-7-12(2)10-22(9-11)17(23)15-8-14(15)13-5-3-4-6-16(13)18(19,20)21/h3-6,11-12,14-15H,7-10H2,1-2H3. The molecule has 2 aliphatic rings. The largest absolute Gasteiger partial charge is 0.416 e. The Bertz CT molecular complexity index is 588. The highest BCUT2D eigenvalue weighted by molar-refractivity contribution is 5.83. The Kier molecular flexibility index (Phi) is 4.15. The Hall–Kier alpha value is -1.52. The number of amides is 1. The van der Waals surface area contributed by atoms with Crippen molar-refractivity contribution >= 4 is 5.91 Å². The summed E-state index contributed by atoms with van der Waals surface area (Å²) < 4.78 is 39.4. The highest BCUT2D eigenvalue weighted by Crippen LogP contribution is 2.52. The van der Waals surface area contributed by atoms with Gasteiger partial charge in [-0.2, -0.15) is 13.2 Å². The summed E-state index contributed by atoms with van der Waals surface area (Å²) in [4.78, 5) is 14.5. The molecule has 1 aliphatic heterocycles. The minimum atomic E-state index is -4.36. The predicted molar refractivity (Wildman–Crippen MR) is 81.8 cm³/mol. The average molecular weight is 325 g/mol. The second-order valence-electron chi connectivity index (χ2n) is 7.22. The molecule has 1 saturated carbocycles. The van der Waals surface area contributed by atoms with Gasteiger partial charge in [-0.25, -0.2) is 0 Å². The second-order valence-corrected chi connectivity index (χ2v) is 7.22. The maximum atomic E-state index is 13.1. The van der Waals surface area contributed by atoms with Crippen LogP contribution in [0.4, 0.5) is 13.2 Å². The van der Waals surface area contributed by atoms with Gasteiger partial charge in [-0.1, -0.05) is 32.0 Å². The molecule has 126 valence electrons. The first-order chi connectivity index (χ1) is 10.8. The molecular formula is C18H22F3NO. The summed E-state index contributed by atoms with van der Waals surface area (Å²) in [5.41, 5.74) is -0.322. The third-order valence-corrected chi connectivity index (χ3v) is 4.95. The highest BCUT2D eigenvalue weighted by atomic mass is 19.4. The van der Waals surface area contributed by atoms with Crippen LogP contribution >= 0.6 is 0 Å². The number of rotatable bonds is 2. The lowest BCUT2D eigenvalue weighted by Crippen LogP contribution is -2.43. The van der Waals surface area contributed by atoms with Crippen molar-refractivity contribution in [1.82, 2.24) is 4.90 Å². The Morgan fingerprint density at radius 3 is 2.30 bits per heavy atom. The summed E-state index contributed by atoms with van der Waals surface area (Å²) in [6.07, 6.45) is -2.72. The van der Waals surface area contributed by atoms with Gasteiger partial charge in [0.15, 0.2) is 0 Å². The third kappa shape index (κ3) is 3.38. The van der Waals surface area contributed by atoms with Crippen LogP contribution in [-0.4, -0.2) is 23.9 Å². The van der Waals surface area contributed by atoms with Crippen LogP contribution < -0.4 is 0 Å². The fourth-order valence-corrected chi connectivity index (χ4v) is 3.97. The molecule has 0 aromatic heterocycles. The fraction of sp³-hybridized carbons (Fsp3) is 0.611. The average Bonchev–Trinajstić information content (AvgIpc) is 3.25. The number of nitrogens with zero attached hydrogens (tertiary/aromatic N) is 1.